The lowest BCUT2D eigenvalue weighted by molar-refractivity contribution is -0.150. The van der Waals surface area contributed by atoms with Gasteiger partial charge in [0.15, 0.2) is 5.78 Å². The molecule has 0 atom stereocenters. The maximum absolute atomic E-state index is 12.3. The molecule has 0 aliphatic heterocycles. The first-order valence-corrected chi connectivity index (χ1v) is 8.46. The zero-order chi connectivity index (χ0) is 18.1. The van der Waals surface area contributed by atoms with Crippen LogP contribution in [0.15, 0.2) is 24.3 Å². The second-order valence-electron chi connectivity index (χ2n) is 5.89. The first-order chi connectivity index (χ1) is 11.4. The number of ether oxygens (including phenoxy) is 1. The Bertz CT molecular complexity index is 563. The van der Waals surface area contributed by atoms with Crippen molar-refractivity contribution in [3.05, 3.63) is 35.4 Å². The van der Waals surface area contributed by atoms with Crippen molar-refractivity contribution in [2.75, 3.05) is 13.2 Å². The van der Waals surface area contributed by atoms with E-state index in [4.69, 9.17) is 4.74 Å². The third-order valence-corrected chi connectivity index (χ3v) is 3.80. The average Bonchev–Trinajstić information content (AvgIpc) is 2.57. The predicted molar refractivity (Wildman–Crippen MR) is 92.9 cm³/mol. The second kappa shape index (κ2) is 9.85. The monoisotopic (exact) mass is 333 g/mol. The van der Waals surface area contributed by atoms with Gasteiger partial charge in [-0.05, 0) is 32.8 Å². The van der Waals surface area contributed by atoms with Crippen molar-refractivity contribution in [1.29, 1.82) is 0 Å². The van der Waals surface area contributed by atoms with Crippen molar-refractivity contribution in [2.45, 2.75) is 53.0 Å². The van der Waals surface area contributed by atoms with Gasteiger partial charge in [0.25, 0.3) is 0 Å². The quantitative estimate of drug-likeness (QED) is 0.515. The van der Waals surface area contributed by atoms with Crippen LogP contribution in [0.3, 0.4) is 0 Å². The van der Waals surface area contributed by atoms with Gasteiger partial charge in [0.1, 0.15) is 6.54 Å². The summed E-state index contributed by atoms with van der Waals surface area (Å²) in [5.74, 6) is -0.705. The largest absolute Gasteiger partial charge is 0.465 e. The lowest BCUT2D eigenvalue weighted by Gasteiger charge is -2.25. The summed E-state index contributed by atoms with van der Waals surface area (Å²) in [4.78, 5) is 37.6. The Balaban J connectivity index is 2.60. The van der Waals surface area contributed by atoms with Crippen molar-refractivity contribution >= 4 is 17.7 Å². The smallest absolute Gasteiger partial charge is 0.325 e. The van der Waals surface area contributed by atoms with Crippen LogP contribution in [-0.4, -0.2) is 41.8 Å². The van der Waals surface area contributed by atoms with E-state index in [1.165, 1.54) is 10.5 Å². The van der Waals surface area contributed by atoms with Gasteiger partial charge in [-0.1, -0.05) is 31.2 Å². The molecule has 0 fully saturated rings. The maximum atomic E-state index is 12.3. The van der Waals surface area contributed by atoms with E-state index in [0.717, 1.165) is 6.42 Å². The normalized spacial score (nSPS) is 10.5. The van der Waals surface area contributed by atoms with E-state index in [1.807, 2.05) is 26.0 Å². The van der Waals surface area contributed by atoms with Crippen molar-refractivity contribution in [3.63, 3.8) is 0 Å². The Kier molecular flexibility index (Phi) is 8.16. The number of benzene rings is 1. The van der Waals surface area contributed by atoms with Crippen molar-refractivity contribution in [1.82, 2.24) is 4.90 Å². The number of amides is 1. The molecule has 0 saturated heterocycles. The molecule has 0 aromatic heterocycles. The van der Waals surface area contributed by atoms with E-state index in [2.05, 4.69) is 6.92 Å². The highest BCUT2D eigenvalue weighted by atomic mass is 16.5. The molecule has 0 bridgehead atoms. The highest BCUT2D eigenvalue weighted by Gasteiger charge is 2.21. The van der Waals surface area contributed by atoms with Gasteiger partial charge < -0.3 is 9.64 Å². The van der Waals surface area contributed by atoms with E-state index >= 15 is 0 Å². The molecule has 0 heterocycles. The summed E-state index contributed by atoms with van der Waals surface area (Å²) in [5.41, 5.74) is 1.78. The van der Waals surface area contributed by atoms with E-state index in [9.17, 15) is 14.4 Å². The summed E-state index contributed by atoms with van der Waals surface area (Å²) < 4.78 is 4.89. The summed E-state index contributed by atoms with van der Waals surface area (Å²) in [6, 6.07) is 7.32. The minimum Gasteiger partial charge on any atom is -0.465 e. The molecular formula is C19H27NO4. The molecule has 132 valence electrons. The Hall–Kier alpha value is -2.17. The molecule has 0 aliphatic carbocycles. The van der Waals surface area contributed by atoms with Crippen LogP contribution in [-0.2, 0) is 20.7 Å². The lowest BCUT2D eigenvalue weighted by Crippen LogP contribution is -2.41. The van der Waals surface area contributed by atoms with Crippen LogP contribution in [0.5, 0.6) is 0 Å². The number of esters is 1. The predicted octanol–water partition coefficient (Wildman–Crippen LogP) is 3.01. The zero-order valence-corrected chi connectivity index (χ0v) is 15.0. The fraction of sp³-hybridized carbons (Fsp3) is 0.526. The molecule has 0 unspecified atom stereocenters. The summed E-state index contributed by atoms with van der Waals surface area (Å²) in [5, 5.41) is 0. The number of ketones is 1. The molecule has 1 aromatic carbocycles. The van der Waals surface area contributed by atoms with Gasteiger partial charge >= 0.3 is 5.97 Å². The topological polar surface area (TPSA) is 63.7 Å². The number of carbonyl (C=O) groups is 3. The van der Waals surface area contributed by atoms with Gasteiger partial charge in [-0.3, -0.25) is 14.4 Å². The Morgan fingerprint density at radius 1 is 1.04 bits per heavy atom. The number of rotatable bonds is 9. The Morgan fingerprint density at radius 3 is 2.17 bits per heavy atom. The van der Waals surface area contributed by atoms with Crippen LogP contribution in [0.1, 0.15) is 56.5 Å². The number of carbonyl (C=O) groups excluding carboxylic acids is 3. The number of Topliss-reactive ketones (excluding diaryl/α,β-unsaturated/α-hetero) is 1. The first-order valence-electron chi connectivity index (χ1n) is 8.46. The minimum absolute atomic E-state index is 0.0640. The molecule has 5 nitrogen and oxygen atoms in total. The van der Waals surface area contributed by atoms with Crippen LogP contribution in [0, 0.1) is 0 Å². The van der Waals surface area contributed by atoms with Gasteiger partial charge in [0, 0.05) is 24.4 Å². The minimum atomic E-state index is -0.430. The third-order valence-electron chi connectivity index (χ3n) is 3.80. The van der Waals surface area contributed by atoms with E-state index in [-0.39, 0.29) is 43.7 Å². The summed E-state index contributed by atoms with van der Waals surface area (Å²) in [7, 11) is 0. The zero-order valence-electron chi connectivity index (χ0n) is 15.0. The third kappa shape index (κ3) is 6.14. The molecule has 24 heavy (non-hydrogen) atoms. The Labute approximate surface area is 144 Å². The fourth-order valence-corrected chi connectivity index (χ4v) is 2.34. The summed E-state index contributed by atoms with van der Waals surface area (Å²) in [6.45, 7) is 7.65. The molecule has 5 heteroatoms. The average molecular weight is 333 g/mol. The molecule has 1 rings (SSSR count). The molecule has 0 spiro atoms. The number of aryl methyl sites for hydroxylation is 1. The van der Waals surface area contributed by atoms with Crippen LogP contribution in [0.2, 0.25) is 0 Å². The van der Waals surface area contributed by atoms with Crippen molar-refractivity contribution in [3.8, 4) is 0 Å². The number of nitrogens with zero attached hydrogens (tertiary/aromatic N) is 1. The van der Waals surface area contributed by atoms with Crippen molar-refractivity contribution in [2.24, 2.45) is 0 Å². The van der Waals surface area contributed by atoms with Gasteiger partial charge in [0.2, 0.25) is 5.91 Å². The highest BCUT2D eigenvalue weighted by Crippen LogP contribution is 2.11. The van der Waals surface area contributed by atoms with E-state index in [1.54, 1.807) is 19.1 Å². The van der Waals surface area contributed by atoms with Gasteiger partial charge in [0.05, 0.1) is 6.61 Å². The maximum Gasteiger partial charge on any atom is 0.325 e. The molecule has 1 aromatic rings. The molecule has 0 radical (unpaired) electrons. The lowest BCUT2D eigenvalue weighted by atomic mass is 10.0. The van der Waals surface area contributed by atoms with Crippen molar-refractivity contribution < 1.29 is 19.1 Å². The number of hydrogen-bond acceptors (Lipinski definition) is 4. The highest BCUT2D eigenvalue weighted by molar-refractivity contribution is 5.98. The summed E-state index contributed by atoms with van der Waals surface area (Å²) in [6.07, 6.45) is 1.15. The van der Waals surface area contributed by atoms with Crippen LogP contribution in [0.4, 0.5) is 0 Å². The van der Waals surface area contributed by atoms with Gasteiger partial charge in [-0.15, -0.1) is 0 Å². The van der Waals surface area contributed by atoms with Crippen LogP contribution in [0.25, 0.3) is 0 Å². The second-order valence-corrected chi connectivity index (χ2v) is 5.89. The number of hydrogen-bond donors (Lipinski definition) is 0. The fourth-order valence-electron chi connectivity index (χ4n) is 2.34. The standard InChI is InChI=1S/C19H27NO4/c1-5-15-7-9-16(10-8-15)17(21)11-12-18(22)20(14(3)4)13-19(23)24-6-2/h7-10,14H,5-6,11-13H2,1-4H3. The Morgan fingerprint density at radius 2 is 1.67 bits per heavy atom. The van der Waals surface area contributed by atoms with E-state index < -0.39 is 5.97 Å². The van der Waals surface area contributed by atoms with E-state index in [0.29, 0.717) is 5.56 Å². The molecule has 0 saturated carbocycles. The first kappa shape index (κ1) is 19.9. The molecule has 1 amide bonds. The van der Waals surface area contributed by atoms with Crippen LogP contribution >= 0.6 is 0 Å². The van der Waals surface area contributed by atoms with Crippen LogP contribution < -0.4 is 0 Å². The van der Waals surface area contributed by atoms with Gasteiger partial charge in [-0.2, -0.15) is 0 Å². The molecule has 0 aliphatic rings. The molecular weight excluding hydrogens is 306 g/mol. The molecule has 0 N–H and O–H groups in total. The summed E-state index contributed by atoms with van der Waals surface area (Å²) >= 11 is 0. The SMILES string of the molecule is CCOC(=O)CN(C(=O)CCC(=O)c1ccc(CC)cc1)C(C)C. The van der Waals surface area contributed by atoms with Gasteiger partial charge in [-0.25, -0.2) is 0 Å².